The molecule has 0 aliphatic heterocycles. The molecule has 0 saturated carbocycles. The number of carbonyl (C=O) groups is 2. The van der Waals surface area contributed by atoms with Gasteiger partial charge in [0.25, 0.3) is 0 Å². The van der Waals surface area contributed by atoms with Gasteiger partial charge in [-0.2, -0.15) is 13.2 Å². The number of hydrogen-bond donors (Lipinski definition) is 2. The first-order valence-corrected chi connectivity index (χ1v) is 5.76. The number of carbonyl (C=O) groups excluding carboxylic acids is 1. The number of halogens is 5. The minimum absolute atomic E-state index is 0.0112. The molecule has 0 aliphatic carbocycles. The van der Waals surface area contributed by atoms with Crippen molar-refractivity contribution >= 4 is 29.3 Å². The summed E-state index contributed by atoms with van der Waals surface area (Å²) >= 11 is 5.56. The Morgan fingerprint density at radius 3 is 2.48 bits per heavy atom. The minimum Gasteiger partial charge on any atom is -0.480 e. The zero-order chi connectivity index (χ0) is 16.2. The number of carboxylic acid groups (broad SMARTS) is 1. The fraction of sp³-hybridized carbons (Fsp3) is 0.273. The smallest absolute Gasteiger partial charge is 0.406 e. The van der Waals surface area contributed by atoms with Gasteiger partial charge in [-0.05, 0) is 18.2 Å². The van der Waals surface area contributed by atoms with Gasteiger partial charge in [0.2, 0.25) is 0 Å². The second-order valence-electron chi connectivity index (χ2n) is 3.92. The van der Waals surface area contributed by atoms with E-state index in [1.54, 1.807) is 0 Å². The van der Waals surface area contributed by atoms with E-state index < -0.39 is 42.8 Å². The molecule has 1 aromatic carbocycles. The van der Waals surface area contributed by atoms with Crippen molar-refractivity contribution < 1.29 is 32.3 Å². The lowest BCUT2D eigenvalue weighted by Crippen LogP contribution is -2.44. The third kappa shape index (κ3) is 5.86. The van der Waals surface area contributed by atoms with Gasteiger partial charge >= 0.3 is 18.2 Å². The monoisotopic (exact) mass is 328 g/mol. The molecule has 0 saturated heterocycles. The molecule has 0 atom stereocenters. The highest BCUT2D eigenvalue weighted by Crippen LogP contribution is 2.21. The summed E-state index contributed by atoms with van der Waals surface area (Å²) < 4.78 is 50.2. The van der Waals surface area contributed by atoms with Crippen molar-refractivity contribution in [2.75, 3.05) is 18.4 Å². The Hall–Kier alpha value is -2.03. The molecule has 21 heavy (non-hydrogen) atoms. The maximum Gasteiger partial charge on any atom is 0.406 e. The zero-order valence-corrected chi connectivity index (χ0v) is 11.0. The van der Waals surface area contributed by atoms with Crippen LogP contribution in [-0.2, 0) is 4.79 Å². The second-order valence-corrected chi connectivity index (χ2v) is 4.36. The Labute approximate surface area is 121 Å². The summed E-state index contributed by atoms with van der Waals surface area (Å²) in [5, 5.41) is 10.4. The summed E-state index contributed by atoms with van der Waals surface area (Å²) in [5.41, 5.74) is -0.454. The van der Waals surface area contributed by atoms with E-state index in [9.17, 15) is 27.2 Å². The van der Waals surface area contributed by atoms with Crippen molar-refractivity contribution in [2.45, 2.75) is 6.18 Å². The van der Waals surface area contributed by atoms with Crippen molar-refractivity contribution in [3.05, 3.63) is 29.0 Å². The Bertz CT molecular complexity index is 551. The lowest BCUT2D eigenvalue weighted by molar-refractivity contribution is -0.148. The lowest BCUT2D eigenvalue weighted by Gasteiger charge is -2.22. The maximum absolute atomic E-state index is 13.4. The third-order valence-electron chi connectivity index (χ3n) is 2.15. The van der Waals surface area contributed by atoms with Crippen LogP contribution in [0, 0.1) is 5.82 Å². The first kappa shape index (κ1) is 17.0. The average Bonchev–Trinajstić information content (AvgIpc) is 2.30. The number of aliphatic carboxylic acids is 1. The fourth-order valence-electron chi connectivity index (χ4n) is 1.37. The quantitative estimate of drug-likeness (QED) is 0.835. The van der Waals surface area contributed by atoms with Crippen molar-refractivity contribution in [3.8, 4) is 0 Å². The second kappa shape index (κ2) is 6.61. The minimum atomic E-state index is -4.79. The number of alkyl halides is 3. The number of nitrogens with zero attached hydrogens (tertiary/aromatic N) is 1. The van der Waals surface area contributed by atoms with E-state index in [0.717, 1.165) is 12.1 Å². The number of urea groups is 1. The molecule has 0 aromatic heterocycles. The summed E-state index contributed by atoms with van der Waals surface area (Å²) in [6, 6.07) is 1.66. The predicted octanol–water partition coefficient (Wildman–Crippen LogP) is 2.96. The molecule has 0 spiro atoms. The largest absolute Gasteiger partial charge is 0.480 e. The molecule has 0 fully saturated rings. The van der Waals surface area contributed by atoms with Gasteiger partial charge in [-0.1, -0.05) is 11.6 Å². The molecular formula is C11H9ClF4N2O3. The summed E-state index contributed by atoms with van der Waals surface area (Å²) in [6.45, 7) is -2.97. The highest BCUT2D eigenvalue weighted by molar-refractivity contribution is 6.30. The summed E-state index contributed by atoms with van der Waals surface area (Å²) in [6.07, 6.45) is -4.79. The predicted molar refractivity (Wildman–Crippen MR) is 65.7 cm³/mol. The molecule has 0 bridgehead atoms. The van der Waals surface area contributed by atoms with Crippen LogP contribution < -0.4 is 5.32 Å². The highest BCUT2D eigenvalue weighted by Gasteiger charge is 2.34. The summed E-state index contributed by atoms with van der Waals surface area (Å²) in [7, 11) is 0. The van der Waals surface area contributed by atoms with Gasteiger partial charge in [-0.15, -0.1) is 0 Å². The van der Waals surface area contributed by atoms with Gasteiger partial charge in [0.05, 0.1) is 5.69 Å². The van der Waals surface area contributed by atoms with Crippen LogP contribution in [0.25, 0.3) is 0 Å². The van der Waals surface area contributed by atoms with Crippen LogP contribution >= 0.6 is 11.6 Å². The molecular weight excluding hydrogens is 320 g/mol. The van der Waals surface area contributed by atoms with Crippen LogP contribution in [0.1, 0.15) is 0 Å². The standard InChI is InChI=1S/C11H9ClF4N2O3/c12-6-1-2-7(13)8(3-6)17-10(21)18(4-9(19)20)5-11(14,15)16/h1-3H,4-5H2,(H,17,21)(H,19,20). The van der Waals surface area contributed by atoms with E-state index in [0.29, 0.717) is 0 Å². The van der Waals surface area contributed by atoms with Gasteiger partial charge < -0.3 is 15.3 Å². The zero-order valence-electron chi connectivity index (χ0n) is 10.2. The van der Waals surface area contributed by atoms with Gasteiger partial charge in [0, 0.05) is 5.02 Å². The number of benzene rings is 1. The first-order valence-electron chi connectivity index (χ1n) is 5.38. The van der Waals surface area contributed by atoms with E-state index in [2.05, 4.69) is 0 Å². The average molecular weight is 329 g/mol. The van der Waals surface area contributed by atoms with Crippen molar-refractivity contribution in [1.29, 1.82) is 0 Å². The van der Waals surface area contributed by atoms with Gasteiger partial charge in [-0.25, -0.2) is 9.18 Å². The number of amides is 2. The first-order chi connectivity index (χ1) is 9.58. The van der Waals surface area contributed by atoms with Crippen LogP contribution in [0.4, 0.5) is 28.0 Å². The topological polar surface area (TPSA) is 69.6 Å². The van der Waals surface area contributed by atoms with E-state index >= 15 is 0 Å². The Morgan fingerprint density at radius 1 is 1.33 bits per heavy atom. The van der Waals surface area contributed by atoms with Gasteiger partial charge in [0.1, 0.15) is 18.9 Å². The van der Waals surface area contributed by atoms with Crippen LogP contribution in [-0.4, -0.2) is 41.3 Å². The molecule has 2 amide bonds. The maximum atomic E-state index is 13.4. The SMILES string of the molecule is O=C(O)CN(CC(F)(F)F)C(=O)Nc1cc(Cl)ccc1F. The van der Waals surface area contributed by atoms with Gasteiger partial charge in [0.15, 0.2) is 0 Å². The Kier molecular flexibility index (Phi) is 5.36. The number of hydrogen-bond acceptors (Lipinski definition) is 2. The Morgan fingerprint density at radius 2 is 1.95 bits per heavy atom. The van der Waals surface area contributed by atoms with Crippen LogP contribution in [0.15, 0.2) is 18.2 Å². The van der Waals surface area contributed by atoms with Crippen LogP contribution in [0.3, 0.4) is 0 Å². The van der Waals surface area contributed by atoms with Crippen LogP contribution in [0.5, 0.6) is 0 Å². The molecule has 1 rings (SSSR count). The van der Waals surface area contributed by atoms with Crippen molar-refractivity contribution in [3.63, 3.8) is 0 Å². The molecule has 0 heterocycles. The molecule has 0 unspecified atom stereocenters. The highest BCUT2D eigenvalue weighted by atomic mass is 35.5. The Balaban J connectivity index is 2.89. The van der Waals surface area contributed by atoms with Crippen LogP contribution in [0.2, 0.25) is 5.02 Å². The van der Waals surface area contributed by atoms with Crippen molar-refractivity contribution in [2.24, 2.45) is 0 Å². The van der Waals surface area contributed by atoms with Crippen molar-refractivity contribution in [1.82, 2.24) is 4.90 Å². The molecule has 2 N–H and O–H groups in total. The van der Waals surface area contributed by atoms with E-state index in [-0.39, 0.29) is 9.92 Å². The summed E-state index contributed by atoms with van der Waals surface area (Å²) in [5.74, 6) is -2.56. The number of carboxylic acids is 1. The third-order valence-corrected chi connectivity index (χ3v) is 2.39. The number of nitrogens with one attached hydrogen (secondary N) is 1. The fourth-order valence-corrected chi connectivity index (χ4v) is 1.54. The molecule has 10 heteroatoms. The van der Waals surface area contributed by atoms with E-state index in [1.165, 1.54) is 6.07 Å². The van der Waals surface area contributed by atoms with Gasteiger partial charge in [-0.3, -0.25) is 4.79 Å². The van der Waals surface area contributed by atoms with E-state index in [4.69, 9.17) is 16.7 Å². The molecule has 5 nitrogen and oxygen atoms in total. The lowest BCUT2D eigenvalue weighted by atomic mass is 10.3. The number of rotatable bonds is 4. The molecule has 0 radical (unpaired) electrons. The molecule has 1 aromatic rings. The molecule has 116 valence electrons. The number of anilines is 1. The van der Waals surface area contributed by atoms with E-state index in [1.807, 2.05) is 5.32 Å². The summed E-state index contributed by atoms with van der Waals surface area (Å²) in [4.78, 5) is 22.1. The molecule has 0 aliphatic rings. The normalized spacial score (nSPS) is 11.1.